The molecule has 0 aromatic heterocycles. The molecule has 14 heavy (non-hydrogen) atoms. The molecule has 0 heterocycles. The molecule has 0 aliphatic rings. The van der Waals surface area contributed by atoms with Gasteiger partial charge in [0.25, 0.3) is 0 Å². The molecule has 0 aromatic rings. The zero-order valence-corrected chi connectivity index (χ0v) is 9.76. The van der Waals surface area contributed by atoms with Crippen molar-refractivity contribution in [1.82, 2.24) is 10.2 Å². The summed E-state index contributed by atoms with van der Waals surface area (Å²) < 4.78 is 0. The van der Waals surface area contributed by atoms with Crippen molar-refractivity contribution in [1.29, 1.82) is 0 Å². The molecular weight excluding hydrogens is 176 g/mol. The van der Waals surface area contributed by atoms with Crippen LogP contribution >= 0.6 is 0 Å². The Kier molecular flexibility index (Phi) is 6.21. The number of amides is 1. The molecule has 1 atom stereocenters. The van der Waals surface area contributed by atoms with Crippen LogP contribution in [-0.4, -0.2) is 38.0 Å². The standard InChI is InChI=1S/C11H22N2O/c1-9(2)11(14)12-7-6-10(3)8-13(4)5/h10H,1,6-8H2,2-5H3,(H,12,14). The van der Waals surface area contributed by atoms with Gasteiger partial charge in [0.15, 0.2) is 0 Å². The van der Waals surface area contributed by atoms with Gasteiger partial charge in [0.1, 0.15) is 0 Å². The summed E-state index contributed by atoms with van der Waals surface area (Å²) >= 11 is 0. The van der Waals surface area contributed by atoms with E-state index < -0.39 is 0 Å². The first kappa shape index (κ1) is 13.2. The zero-order valence-electron chi connectivity index (χ0n) is 9.76. The topological polar surface area (TPSA) is 32.3 Å². The molecule has 0 saturated heterocycles. The molecule has 0 aliphatic carbocycles. The van der Waals surface area contributed by atoms with E-state index in [0.717, 1.165) is 19.5 Å². The third-order valence-corrected chi connectivity index (χ3v) is 1.99. The SMILES string of the molecule is C=C(C)C(=O)NCCC(C)CN(C)C. The van der Waals surface area contributed by atoms with Crippen molar-refractivity contribution in [2.45, 2.75) is 20.3 Å². The van der Waals surface area contributed by atoms with E-state index in [1.54, 1.807) is 6.92 Å². The van der Waals surface area contributed by atoms with Gasteiger partial charge in [-0.25, -0.2) is 0 Å². The lowest BCUT2D eigenvalue weighted by Crippen LogP contribution is -2.28. The molecule has 0 aromatic carbocycles. The van der Waals surface area contributed by atoms with Crippen LogP contribution in [0.3, 0.4) is 0 Å². The Hall–Kier alpha value is -0.830. The fourth-order valence-electron chi connectivity index (χ4n) is 1.30. The van der Waals surface area contributed by atoms with Gasteiger partial charge in [0, 0.05) is 18.7 Å². The molecule has 0 radical (unpaired) electrons. The maximum absolute atomic E-state index is 11.1. The van der Waals surface area contributed by atoms with Crippen LogP contribution in [0.15, 0.2) is 12.2 Å². The van der Waals surface area contributed by atoms with Crippen molar-refractivity contribution >= 4 is 5.91 Å². The summed E-state index contributed by atoms with van der Waals surface area (Å²) in [7, 11) is 4.12. The second-order valence-corrected chi connectivity index (χ2v) is 4.19. The Balaban J connectivity index is 3.54. The van der Waals surface area contributed by atoms with E-state index in [9.17, 15) is 4.79 Å². The summed E-state index contributed by atoms with van der Waals surface area (Å²) in [6.07, 6.45) is 1.01. The molecule has 0 aliphatic heterocycles. The number of nitrogens with one attached hydrogen (secondary N) is 1. The molecule has 1 N–H and O–H groups in total. The third-order valence-electron chi connectivity index (χ3n) is 1.99. The lowest BCUT2D eigenvalue weighted by Gasteiger charge is -2.16. The smallest absolute Gasteiger partial charge is 0.246 e. The Morgan fingerprint density at radius 1 is 1.50 bits per heavy atom. The zero-order chi connectivity index (χ0) is 11.1. The van der Waals surface area contributed by atoms with Crippen LogP contribution in [0.1, 0.15) is 20.3 Å². The van der Waals surface area contributed by atoms with Crippen LogP contribution in [-0.2, 0) is 4.79 Å². The van der Waals surface area contributed by atoms with E-state index in [4.69, 9.17) is 0 Å². The van der Waals surface area contributed by atoms with Gasteiger partial charge in [-0.1, -0.05) is 13.5 Å². The number of hydrogen-bond donors (Lipinski definition) is 1. The van der Waals surface area contributed by atoms with Gasteiger partial charge >= 0.3 is 0 Å². The van der Waals surface area contributed by atoms with Crippen molar-refractivity contribution in [3.05, 3.63) is 12.2 Å². The monoisotopic (exact) mass is 198 g/mol. The number of hydrogen-bond acceptors (Lipinski definition) is 2. The Labute approximate surface area is 87.2 Å². The van der Waals surface area contributed by atoms with E-state index in [1.165, 1.54) is 0 Å². The van der Waals surface area contributed by atoms with Crippen LogP contribution < -0.4 is 5.32 Å². The molecule has 3 heteroatoms. The fraction of sp³-hybridized carbons (Fsp3) is 0.727. The molecule has 0 rings (SSSR count). The van der Waals surface area contributed by atoms with E-state index in [2.05, 4.69) is 37.8 Å². The number of carbonyl (C=O) groups excluding carboxylic acids is 1. The summed E-state index contributed by atoms with van der Waals surface area (Å²) in [5, 5.41) is 2.83. The summed E-state index contributed by atoms with van der Waals surface area (Å²) in [6.45, 7) is 9.28. The van der Waals surface area contributed by atoms with Gasteiger partial charge in [-0.3, -0.25) is 4.79 Å². The minimum absolute atomic E-state index is 0.0398. The van der Waals surface area contributed by atoms with Gasteiger partial charge in [-0.05, 0) is 33.4 Å². The largest absolute Gasteiger partial charge is 0.352 e. The molecular formula is C11H22N2O. The summed E-state index contributed by atoms with van der Waals surface area (Å²) in [5.74, 6) is 0.567. The van der Waals surface area contributed by atoms with E-state index >= 15 is 0 Å². The number of carbonyl (C=O) groups is 1. The quantitative estimate of drug-likeness (QED) is 0.652. The van der Waals surface area contributed by atoms with E-state index in [0.29, 0.717) is 11.5 Å². The van der Waals surface area contributed by atoms with Crippen molar-refractivity contribution in [3.8, 4) is 0 Å². The molecule has 0 bridgehead atoms. The minimum Gasteiger partial charge on any atom is -0.352 e. The first-order valence-corrected chi connectivity index (χ1v) is 5.02. The molecule has 1 amide bonds. The molecule has 0 saturated carbocycles. The number of nitrogens with zero attached hydrogens (tertiary/aromatic N) is 1. The predicted molar refractivity (Wildman–Crippen MR) is 60.2 cm³/mol. The van der Waals surface area contributed by atoms with Crippen molar-refractivity contribution in [2.75, 3.05) is 27.2 Å². The molecule has 1 unspecified atom stereocenters. The summed E-state index contributed by atoms with van der Waals surface area (Å²) in [6, 6.07) is 0. The summed E-state index contributed by atoms with van der Waals surface area (Å²) in [4.78, 5) is 13.3. The second kappa shape index (κ2) is 6.60. The van der Waals surface area contributed by atoms with Gasteiger partial charge in [-0.15, -0.1) is 0 Å². The average molecular weight is 198 g/mol. The third kappa shape index (κ3) is 6.66. The van der Waals surface area contributed by atoms with Crippen LogP contribution in [0.5, 0.6) is 0 Å². The Bertz CT molecular complexity index is 199. The fourth-order valence-corrected chi connectivity index (χ4v) is 1.30. The highest BCUT2D eigenvalue weighted by molar-refractivity contribution is 5.91. The molecule has 0 fully saturated rings. The highest BCUT2D eigenvalue weighted by Crippen LogP contribution is 2.01. The highest BCUT2D eigenvalue weighted by Gasteiger charge is 2.05. The summed E-state index contributed by atoms with van der Waals surface area (Å²) in [5.41, 5.74) is 0.574. The lowest BCUT2D eigenvalue weighted by molar-refractivity contribution is -0.117. The van der Waals surface area contributed by atoms with Crippen molar-refractivity contribution in [3.63, 3.8) is 0 Å². The highest BCUT2D eigenvalue weighted by atomic mass is 16.1. The van der Waals surface area contributed by atoms with Gasteiger partial charge in [-0.2, -0.15) is 0 Å². The van der Waals surface area contributed by atoms with Crippen molar-refractivity contribution < 1.29 is 4.79 Å². The molecule has 3 nitrogen and oxygen atoms in total. The first-order chi connectivity index (χ1) is 6.43. The average Bonchev–Trinajstić information content (AvgIpc) is 2.02. The van der Waals surface area contributed by atoms with Gasteiger partial charge in [0.2, 0.25) is 5.91 Å². The normalized spacial score (nSPS) is 12.6. The number of rotatable bonds is 6. The Morgan fingerprint density at radius 2 is 2.07 bits per heavy atom. The maximum atomic E-state index is 11.1. The van der Waals surface area contributed by atoms with Gasteiger partial charge < -0.3 is 10.2 Å². The lowest BCUT2D eigenvalue weighted by atomic mass is 10.1. The van der Waals surface area contributed by atoms with Crippen molar-refractivity contribution in [2.24, 2.45) is 5.92 Å². The van der Waals surface area contributed by atoms with E-state index in [-0.39, 0.29) is 5.91 Å². The minimum atomic E-state index is -0.0398. The predicted octanol–water partition coefficient (Wildman–Crippen LogP) is 1.27. The van der Waals surface area contributed by atoms with Crippen LogP contribution in [0, 0.1) is 5.92 Å². The van der Waals surface area contributed by atoms with Crippen LogP contribution in [0.2, 0.25) is 0 Å². The first-order valence-electron chi connectivity index (χ1n) is 5.02. The molecule has 0 spiro atoms. The van der Waals surface area contributed by atoms with Gasteiger partial charge in [0.05, 0.1) is 0 Å². The van der Waals surface area contributed by atoms with Crippen LogP contribution in [0.4, 0.5) is 0 Å². The maximum Gasteiger partial charge on any atom is 0.246 e. The van der Waals surface area contributed by atoms with Crippen LogP contribution in [0.25, 0.3) is 0 Å². The van der Waals surface area contributed by atoms with E-state index in [1.807, 2.05) is 0 Å². The molecule has 82 valence electrons. The second-order valence-electron chi connectivity index (χ2n) is 4.19. The Morgan fingerprint density at radius 3 is 2.50 bits per heavy atom.